The Balaban J connectivity index is 1.56. The molecule has 0 aromatic carbocycles. The Kier molecular flexibility index (Phi) is 7.13. The maximum Gasteiger partial charge on any atom is 0.257 e. The third-order valence-electron chi connectivity index (χ3n) is 4.89. The molecule has 0 saturated carbocycles. The number of carbonyl (C=O) groups is 1. The second kappa shape index (κ2) is 9.98. The predicted molar refractivity (Wildman–Crippen MR) is 107 cm³/mol. The molecule has 8 heteroatoms. The number of hydrogen-bond acceptors (Lipinski definition) is 7. The van der Waals surface area contributed by atoms with Crippen molar-refractivity contribution in [2.24, 2.45) is 0 Å². The number of aromatic nitrogens is 3. The molecule has 1 aliphatic rings. The number of ether oxygens (including phenoxy) is 1. The van der Waals surface area contributed by atoms with E-state index in [-0.39, 0.29) is 5.91 Å². The number of piperazine rings is 1. The summed E-state index contributed by atoms with van der Waals surface area (Å²) in [5.74, 6) is 1.47. The Bertz CT molecular complexity index is 745. The second-order valence-corrected chi connectivity index (χ2v) is 6.66. The molecule has 1 fully saturated rings. The zero-order valence-corrected chi connectivity index (χ0v) is 16.6. The third-order valence-corrected chi connectivity index (χ3v) is 4.89. The van der Waals surface area contributed by atoms with Crippen LogP contribution in [0, 0.1) is 0 Å². The lowest BCUT2D eigenvalue weighted by Gasteiger charge is -2.36. The van der Waals surface area contributed by atoms with Crippen molar-refractivity contribution in [1.82, 2.24) is 24.8 Å². The molecule has 0 N–H and O–H groups in total. The molecule has 28 heavy (non-hydrogen) atoms. The van der Waals surface area contributed by atoms with Crippen molar-refractivity contribution in [3.8, 4) is 5.88 Å². The monoisotopic (exact) mass is 384 g/mol. The first kappa shape index (κ1) is 20.0. The van der Waals surface area contributed by atoms with E-state index in [1.54, 1.807) is 24.8 Å². The van der Waals surface area contributed by atoms with Crippen molar-refractivity contribution in [3.63, 3.8) is 0 Å². The average Bonchev–Trinajstić information content (AvgIpc) is 2.75. The summed E-state index contributed by atoms with van der Waals surface area (Å²) in [6, 6.07) is 3.85. The Morgan fingerprint density at radius 3 is 2.54 bits per heavy atom. The molecule has 3 heterocycles. The SMILES string of the molecule is CCN(CC)C(=O)CN1CCN(c2nccnc2OCc2cccnc2)CC1. The summed E-state index contributed by atoms with van der Waals surface area (Å²) in [4.78, 5) is 31.5. The van der Waals surface area contributed by atoms with Gasteiger partial charge in [-0.15, -0.1) is 0 Å². The van der Waals surface area contributed by atoms with Crippen molar-refractivity contribution in [2.75, 3.05) is 50.7 Å². The van der Waals surface area contributed by atoms with Crippen LogP contribution in [0.4, 0.5) is 5.82 Å². The van der Waals surface area contributed by atoms with Crippen molar-refractivity contribution < 1.29 is 9.53 Å². The molecule has 150 valence electrons. The van der Waals surface area contributed by atoms with E-state index in [2.05, 4.69) is 24.8 Å². The number of amides is 1. The highest BCUT2D eigenvalue weighted by molar-refractivity contribution is 5.78. The van der Waals surface area contributed by atoms with Gasteiger partial charge in [-0.25, -0.2) is 9.97 Å². The van der Waals surface area contributed by atoms with E-state index >= 15 is 0 Å². The minimum Gasteiger partial charge on any atom is -0.470 e. The van der Waals surface area contributed by atoms with Crippen LogP contribution in [0.2, 0.25) is 0 Å². The molecular weight excluding hydrogens is 356 g/mol. The van der Waals surface area contributed by atoms with Gasteiger partial charge in [0.2, 0.25) is 5.91 Å². The first-order chi connectivity index (χ1) is 13.7. The molecule has 8 nitrogen and oxygen atoms in total. The van der Waals surface area contributed by atoms with Crippen LogP contribution in [0.25, 0.3) is 0 Å². The molecule has 0 spiro atoms. The number of nitrogens with zero attached hydrogens (tertiary/aromatic N) is 6. The third kappa shape index (κ3) is 5.16. The van der Waals surface area contributed by atoms with Gasteiger partial charge >= 0.3 is 0 Å². The fraction of sp³-hybridized carbons (Fsp3) is 0.500. The van der Waals surface area contributed by atoms with E-state index < -0.39 is 0 Å². The molecule has 0 atom stereocenters. The van der Waals surface area contributed by atoms with Gasteiger partial charge in [0.25, 0.3) is 5.88 Å². The predicted octanol–water partition coefficient (Wildman–Crippen LogP) is 1.44. The topological polar surface area (TPSA) is 74.7 Å². The fourth-order valence-electron chi connectivity index (χ4n) is 3.26. The van der Waals surface area contributed by atoms with Crippen molar-refractivity contribution in [3.05, 3.63) is 42.5 Å². The number of carbonyl (C=O) groups excluding carboxylic acids is 1. The Labute approximate surface area is 166 Å². The number of hydrogen-bond donors (Lipinski definition) is 0. The van der Waals surface area contributed by atoms with Crippen LogP contribution in [0.1, 0.15) is 19.4 Å². The van der Waals surface area contributed by atoms with Crippen LogP contribution in [0.5, 0.6) is 5.88 Å². The van der Waals surface area contributed by atoms with E-state index in [0.29, 0.717) is 19.0 Å². The Morgan fingerprint density at radius 2 is 1.86 bits per heavy atom. The molecule has 0 bridgehead atoms. The lowest BCUT2D eigenvalue weighted by Crippen LogP contribution is -2.50. The zero-order chi connectivity index (χ0) is 19.8. The molecule has 1 amide bonds. The highest BCUT2D eigenvalue weighted by atomic mass is 16.5. The van der Waals surface area contributed by atoms with Crippen molar-refractivity contribution >= 4 is 11.7 Å². The maximum absolute atomic E-state index is 12.3. The quantitative estimate of drug-likeness (QED) is 0.682. The molecule has 1 aliphatic heterocycles. The summed E-state index contributed by atoms with van der Waals surface area (Å²) in [5, 5.41) is 0. The largest absolute Gasteiger partial charge is 0.470 e. The van der Waals surface area contributed by atoms with E-state index in [1.165, 1.54) is 0 Å². The maximum atomic E-state index is 12.3. The number of rotatable bonds is 8. The zero-order valence-electron chi connectivity index (χ0n) is 16.6. The lowest BCUT2D eigenvalue weighted by atomic mass is 10.3. The van der Waals surface area contributed by atoms with Crippen LogP contribution in [0.15, 0.2) is 36.9 Å². The van der Waals surface area contributed by atoms with Gasteiger partial charge < -0.3 is 14.5 Å². The Hall–Kier alpha value is -2.74. The van der Waals surface area contributed by atoms with Crippen molar-refractivity contribution in [1.29, 1.82) is 0 Å². The standard InChI is InChI=1S/C20H28N6O2/c1-3-25(4-2)18(27)15-24-10-12-26(13-11-24)19-20(23-9-8-22-19)28-16-17-6-5-7-21-14-17/h5-9,14H,3-4,10-13,15-16H2,1-2H3. The number of pyridine rings is 1. The molecule has 2 aromatic heterocycles. The molecule has 0 unspecified atom stereocenters. The molecule has 0 aliphatic carbocycles. The van der Waals surface area contributed by atoms with Gasteiger partial charge in [0, 0.05) is 69.6 Å². The van der Waals surface area contributed by atoms with Gasteiger partial charge in [0.05, 0.1) is 6.54 Å². The van der Waals surface area contributed by atoms with Gasteiger partial charge in [0.1, 0.15) is 6.61 Å². The summed E-state index contributed by atoms with van der Waals surface area (Å²) in [6.45, 7) is 9.61. The first-order valence-electron chi connectivity index (χ1n) is 9.79. The lowest BCUT2D eigenvalue weighted by molar-refractivity contribution is -0.132. The normalized spacial score (nSPS) is 14.7. The molecular formula is C20H28N6O2. The van der Waals surface area contributed by atoms with E-state index in [4.69, 9.17) is 4.74 Å². The van der Waals surface area contributed by atoms with Gasteiger partial charge in [-0.3, -0.25) is 14.7 Å². The highest BCUT2D eigenvalue weighted by Crippen LogP contribution is 2.24. The van der Waals surface area contributed by atoms with E-state index in [1.807, 2.05) is 30.9 Å². The van der Waals surface area contributed by atoms with Crippen LogP contribution in [-0.4, -0.2) is 76.5 Å². The van der Waals surface area contributed by atoms with Gasteiger partial charge in [-0.1, -0.05) is 6.07 Å². The summed E-state index contributed by atoms with van der Waals surface area (Å²) in [6.07, 6.45) is 6.84. The molecule has 1 saturated heterocycles. The van der Waals surface area contributed by atoms with Crippen LogP contribution in [-0.2, 0) is 11.4 Å². The van der Waals surface area contributed by atoms with Gasteiger partial charge in [-0.2, -0.15) is 0 Å². The first-order valence-corrected chi connectivity index (χ1v) is 9.79. The van der Waals surface area contributed by atoms with E-state index in [0.717, 1.165) is 50.6 Å². The fourth-order valence-corrected chi connectivity index (χ4v) is 3.26. The van der Waals surface area contributed by atoms with Gasteiger partial charge in [0.15, 0.2) is 5.82 Å². The Morgan fingerprint density at radius 1 is 1.11 bits per heavy atom. The molecule has 3 rings (SSSR count). The molecule has 2 aromatic rings. The van der Waals surface area contributed by atoms with Crippen LogP contribution >= 0.6 is 0 Å². The summed E-state index contributed by atoms with van der Waals surface area (Å²) in [5.41, 5.74) is 0.985. The average molecular weight is 384 g/mol. The van der Waals surface area contributed by atoms with Crippen LogP contribution in [0.3, 0.4) is 0 Å². The summed E-state index contributed by atoms with van der Waals surface area (Å²) in [7, 11) is 0. The second-order valence-electron chi connectivity index (χ2n) is 6.66. The summed E-state index contributed by atoms with van der Waals surface area (Å²) < 4.78 is 5.90. The smallest absolute Gasteiger partial charge is 0.257 e. The van der Waals surface area contributed by atoms with Crippen molar-refractivity contribution in [2.45, 2.75) is 20.5 Å². The van der Waals surface area contributed by atoms with E-state index in [9.17, 15) is 4.79 Å². The van der Waals surface area contributed by atoms with Gasteiger partial charge in [-0.05, 0) is 19.9 Å². The van der Waals surface area contributed by atoms with Crippen LogP contribution < -0.4 is 9.64 Å². The summed E-state index contributed by atoms with van der Waals surface area (Å²) >= 11 is 0. The molecule has 0 radical (unpaired) electrons. The number of anilines is 1. The minimum absolute atomic E-state index is 0.193. The highest BCUT2D eigenvalue weighted by Gasteiger charge is 2.23. The minimum atomic E-state index is 0.193. The number of likely N-dealkylation sites (N-methyl/N-ethyl adjacent to an activating group) is 1.